The van der Waals surface area contributed by atoms with E-state index < -0.39 is 0 Å². The first-order chi connectivity index (χ1) is 11.6. The van der Waals surface area contributed by atoms with Crippen LogP contribution in [0.5, 0.6) is 0 Å². The maximum absolute atomic E-state index is 5.70. The standard InChI is InChI=1S/C16H38O4S2Si2/c1-5-17-15(18-6-2)13(23)9-11-21-22-12-10-14(24)16(19-7-3)20-8-4/h13-16H,5-12H2,1-4,23-24H3. The lowest BCUT2D eigenvalue weighted by Crippen LogP contribution is -2.24. The second-order valence-corrected chi connectivity index (χ2v) is 11.4. The summed E-state index contributed by atoms with van der Waals surface area (Å²) in [7, 11) is 6.19. The van der Waals surface area contributed by atoms with E-state index in [-0.39, 0.29) is 12.6 Å². The lowest BCUT2D eigenvalue weighted by atomic mass is 10.3. The van der Waals surface area contributed by atoms with E-state index in [0.29, 0.717) is 11.1 Å². The van der Waals surface area contributed by atoms with Crippen molar-refractivity contribution >= 4 is 42.1 Å². The van der Waals surface area contributed by atoms with Crippen molar-refractivity contribution < 1.29 is 18.9 Å². The van der Waals surface area contributed by atoms with Crippen molar-refractivity contribution in [1.29, 1.82) is 0 Å². The SMILES string of the molecule is CCOC(OCC)C([SiH3])CCSSCCC([SiH3])C(OCC)OCC. The first-order valence-corrected chi connectivity index (χ1v) is 14.1. The van der Waals surface area contributed by atoms with Crippen LogP contribution in [0.15, 0.2) is 0 Å². The largest absolute Gasteiger partial charge is 0.353 e. The summed E-state index contributed by atoms with van der Waals surface area (Å²) in [5.74, 6) is 2.34. The molecule has 0 N–H and O–H groups in total. The van der Waals surface area contributed by atoms with Crippen LogP contribution in [0.4, 0.5) is 0 Å². The first kappa shape index (κ1) is 25.0. The average molecular weight is 415 g/mol. The quantitative estimate of drug-likeness (QED) is 0.157. The van der Waals surface area contributed by atoms with Crippen molar-refractivity contribution in [2.75, 3.05) is 37.9 Å². The summed E-state index contributed by atoms with van der Waals surface area (Å²) in [5, 5.41) is 0. The minimum Gasteiger partial charge on any atom is -0.353 e. The zero-order valence-electron chi connectivity index (χ0n) is 16.4. The highest BCUT2D eigenvalue weighted by Gasteiger charge is 2.18. The van der Waals surface area contributed by atoms with Crippen LogP contribution in [0, 0.1) is 0 Å². The smallest absolute Gasteiger partial charge is 0.157 e. The van der Waals surface area contributed by atoms with Crippen LogP contribution in [-0.4, -0.2) is 71.0 Å². The molecule has 0 saturated carbocycles. The van der Waals surface area contributed by atoms with Crippen LogP contribution in [0.3, 0.4) is 0 Å². The van der Waals surface area contributed by atoms with Gasteiger partial charge in [-0.2, -0.15) is 0 Å². The highest BCUT2D eigenvalue weighted by molar-refractivity contribution is 8.76. The lowest BCUT2D eigenvalue weighted by Gasteiger charge is -2.24. The number of rotatable bonds is 17. The van der Waals surface area contributed by atoms with Crippen molar-refractivity contribution in [3.05, 3.63) is 0 Å². The monoisotopic (exact) mass is 414 g/mol. The predicted octanol–water partition coefficient (Wildman–Crippen LogP) is 2.25. The normalized spacial score (nSPS) is 14.8. The predicted molar refractivity (Wildman–Crippen MR) is 116 cm³/mol. The molecule has 0 aromatic carbocycles. The fraction of sp³-hybridized carbons (Fsp3) is 1.00. The van der Waals surface area contributed by atoms with Crippen LogP contribution in [0.1, 0.15) is 40.5 Å². The minimum absolute atomic E-state index is 0.00133. The van der Waals surface area contributed by atoms with Gasteiger partial charge in [0.25, 0.3) is 0 Å². The molecule has 4 nitrogen and oxygen atoms in total. The molecular formula is C16H38O4S2Si2. The number of hydrogen-bond donors (Lipinski definition) is 0. The first-order valence-electron chi connectivity index (χ1n) is 9.31. The molecule has 0 aromatic heterocycles. The third-order valence-electron chi connectivity index (χ3n) is 3.65. The van der Waals surface area contributed by atoms with Crippen LogP contribution in [0.25, 0.3) is 0 Å². The summed E-state index contributed by atoms with van der Waals surface area (Å²) < 4.78 is 22.8. The lowest BCUT2D eigenvalue weighted by molar-refractivity contribution is -0.138. The van der Waals surface area contributed by atoms with E-state index in [1.54, 1.807) is 0 Å². The fourth-order valence-corrected chi connectivity index (χ4v) is 6.91. The van der Waals surface area contributed by atoms with Crippen LogP contribution in [0.2, 0.25) is 11.1 Å². The van der Waals surface area contributed by atoms with Gasteiger partial charge in [-0.15, -0.1) is 0 Å². The van der Waals surface area contributed by atoms with Gasteiger partial charge in [-0.05, 0) is 51.6 Å². The van der Waals surface area contributed by atoms with Crippen molar-refractivity contribution in [1.82, 2.24) is 0 Å². The van der Waals surface area contributed by atoms with Gasteiger partial charge >= 0.3 is 0 Å². The zero-order chi connectivity index (χ0) is 18.2. The van der Waals surface area contributed by atoms with Crippen molar-refractivity contribution in [3.8, 4) is 0 Å². The Morgan fingerprint density at radius 1 is 0.625 bits per heavy atom. The molecule has 0 heterocycles. The minimum atomic E-state index is 0.00133. The third-order valence-corrected chi connectivity index (χ3v) is 8.36. The molecule has 0 aromatic rings. The Morgan fingerprint density at radius 3 is 1.17 bits per heavy atom. The Bertz CT molecular complexity index is 240. The van der Waals surface area contributed by atoms with Gasteiger partial charge in [0.2, 0.25) is 0 Å². The van der Waals surface area contributed by atoms with Gasteiger partial charge in [0.1, 0.15) is 0 Å². The van der Waals surface area contributed by atoms with Crippen molar-refractivity contribution in [3.63, 3.8) is 0 Å². The van der Waals surface area contributed by atoms with Gasteiger partial charge in [0.05, 0.1) is 0 Å². The highest BCUT2D eigenvalue weighted by Crippen LogP contribution is 2.29. The molecule has 0 saturated heterocycles. The van der Waals surface area contributed by atoms with Gasteiger partial charge in [0, 0.05) is 58.4 Å². The number of hydrogen-bond acceptors (Lipinski definition) is 6. The topological polar surface area (TPSA) is 36.9 Å². The molecular weight excluding hydrogens is 376 g/mol. The molecule has 0 fully saturated rings. The molecule has 2 unspecified atom stereocenters. The highest BCUT2D eigenvalue weighted by atomic mass is 33.1. The number of ether oxygens (including phenoxy) is 4. The molecule has 0 bridgehead atoms. The summed E-state index contributed by atoms with van der Waals surface area (Å²) in [5.41, 5.74) is 1.15. The van der Waals surface area contributed by atoms with E-state index in [4.69, 9.17) is 18.9 Å². The van der Waals surface area contributed by atoms with Crippen LogP contribution in [-0.2, 0) is 18.9 Å². The fourth-order valence-electron chi connectivity index (χ4n) is 2.27. The van der Waals surface area contributed by atoms with Gasteiger partial charge in [-0.3, -0.25) is 0 Å². The molecule has 0 rings (SSSR count). The summed E-state index contributed by atoms with van der Waals surface area (Å²) in [4.78, 5) is 0. The van der Waals surface area contributed by atoms with E-state index in [1.165, 1.54) is 24.3 Å². The van der Waals surface area contributed by atoms with Crippen LogP contribution >= 0.6 is 21.6 Å². The summed E-state index contributed by atoms with van der Waals surface area (Å²) in [6.45, 7) is 11.1. The molecule has 24 heavy (non-hydrogen) atoms. The van der Waals surface area contributed by atoms with Gasteiger partial charge < -0.3 is 18.9 Å². The Kier molecular flexibility index (Phi) is 18.1. The van der Waals surface area contributed by atoms with E-state index in [9.17, 15) is 0 Å². The maximum Gasteiger partial charge on any atom is 0.157 e. The summed E-state index contributed by atoms with van der Waals surface area (Å²) in [6.07, 6.45) is 2.36. The molecule has 2 atom stereocenters. The molecule has 0 radical (unpaired) electrons. The zero-order valence-corrected chi connectivity index (χ0v) is 22.0. The summed E-state index contributed by atoms with van der Waals surface area (Å²) in [6, 6.07) is 0. The molecule has 0 aliphatic rings. The Balaban J connectivity index is 3.81. The van der Waals surface area contributed by atoms with Gasteiger partial charge in [-0.1, -0.05) is 21.6 Å². The second kappa shape index (κ2) is 17.4. The molecule has 0 amide bonds. The molecule has 146 valence electrons. The average Bonchev–Trinajstić information content (AvgIpc) is 2.57. The maximum atomic E-state index is 5.70. The van der Waals surface area contributed by atoms with E-state index in [2.05, 4.69) is 0 Å². The Labute approximate surface area is 163 Å². The second-order valence-electron chi connectivity index (χ2n) is 5.73. The van der Waals surface area contributed by atoms with Crippen molar-refractivity contribution in [2.45, 2.75) is 64.2 Å². The Hall–Kier alpha value is 0.974. The van der Waals surface area contributed by atoms with E-state index in [0.717, 1.165) is 46.9 Å². The molecule has 0 aliphatic carbocycles. The van der Waals surface area contributed by atoms with E-state index in [1.807, 2.05) is 49.3 Å². The van der Waals surface area contributed by atoms with Crippen LogP contribution < -0.4 is 0 Å². The third kappa shape index (κ3) is 12.3. The summed E-state index contributed by atoms with van der Waals surface area (Å²) >= 11 is 0. The van der Waals surface area contributed by atoms with Gasteiger partial charge in [0.15, 0.2) is 12.6 Å². The Morgan fingerprint density at radius 2 is 0.917 bits per heavy atom. The molecule has 0 aliphatic heterocycles. The van der Waals surface area contributed by atoms with Crippen molar-refractivity contribution in [2.24, 2.45) is 0 Å². The van der Waals surface area contributed by atoms with E-state index >= 15 is 0 Å². The molecule has 8 heteroatoms. The molecule has 0 spiro atoms. The van der Waals surface area contributed by atoms with Gasteiger partial charge in [-0.25, -0.2) is 0 Å².